The van der Waals surface area contributed by atoms with E-state index in [-0.39, 0.29) is 11.4 Å². The zero-order valence-electron chi connectivity index (χ0n) is 23.9. The second-order valence-corrected chi connectivity index (χ2v) is 9.97. The Morgan fingerprint density at radius 3 is 1.66 bits per heavy atom. The second kappa shape index (κ2) is 15.0. The van der Waals surface area contributed by atoms with Gasteiger partial charge in [-0.25, -0.2) is 9.59 Å². The zero-order valence-corrected chi connectivity index (χ0v) is 23.9. The lowest BCUT2D eigenvalue weighted by Gasteiger charge is -2.22. The minimum absolute atomic E-state index is 0.190. The number of rotatable bonds is 10. The highest BCUT2D eigenvalue weighted by molar-refractivity contribution is 6.08. The van der Waals surface area contributed by atoms with Crippen molar-refractivity contribution < 1.29 is 33.4 Å². The number of alkyl carbamates (subject to hydrolysis) is 1. The van der Waals surface area contributed by atoms with Gasteiger partial charge in [-0.2, -0.15) is 0 Å². The molecule has 4 amide bonds. The van der Waals surface area contributed by atoms with Crippen LogP contribution in [0.5, 0.6) is 0 Å². The van der Waals surface area contributed by atoms with E-state index in [9.17, 15) is 24.0 Å². The molecule has 11 heteroatoms. The number of ether oxygens (including phenoxy) is 2. The van der Waals surface area contributed by atoms with Gasteiger partial charge in [-0.05, 0) is 57.9 Å². The molecule has 0 spiro atoms. The fraction of sp³-hybridized carbons (Fsp3) is 0.300. The maximum atomic E-state index is 13.5. The highest BCUT2D eigenvalue weighted by Gasteiger charge is 2.25. The molecule has 0 bridgehead atoms. The highest BCUT2D eigenvalue weighted by atomic mass is 16.6. The Labute approximate surface area is 239 Å². The summed E-state index contributed by atoms with van der Waals surface area (Å²) in [6.45, 7) is 7.92. The number of amides is 4. The first-order valence-corrected chi connectivity index (χ1v) is 12.8. The maximum absolute atomic E-state index is 13.5. The van der Waals surface area contributed by atoms with Crippen LogP contribution in [-0.4, -0.2) is 54.6 Å². The SMILES string of the molecule is COC(=O)[C@H](C)NC(=O)/C(=C/c1ccccc1)NC(=O)/C(=C/c1ccccc1)NC(=O)[C@H](C)NC(=O)OC(C)(C)C. The van der Waals surface area contributed by atoms with E-state index in [1.54, 1.807) is 81.4 Å². The van der Waals surface area contributed by atoms with Gasteiger partial charge in [0.15, 0.2) is 0 Å². The summed E-state index contributed by atoms with van der Waals surface area (Å²) in [5.41, 5.74) is 0.0165. The first-order chi connectivity index (χ1) is 19.3. The molecule has 0 aliphatic rings. The van der Waals surface area contributed by atoms with E-state index in [4.69, 9.17) is 4.74 Å². The van der Waals surface area contributed by atoms with Crippen molar-refractivity contribution in [3.63, 3.8) is 0 Å². The Balaban J connectivity index is 2.36. The summed E-state index contributed by atoms with van der Waals surface area (Å²) in [6.07, 6.45) is 2.04. The van der Waals surface area contributed by atoms with Crippen LogP contribution in [0.25, 0.3) is 12.2 Å². The molecule has 0 saturated heterocycles. The first kappa shape index (κ1) is 32.3. The molecule has 4 N–H and O–H groups in total. The predicted octanol–water partition coefficient (Wildman–Crippen LogP) is 2.89. The van der Waals surface area contributed by atoms with E-state index >= 15 is 0 Å². The second-order valence-electron chi connectivity index (χ2n) is 9.97. The molecule has 0 fully saturated rings. The lowest BCUT2D eigenvalue weighted by molar-refractivity contribution is -0.144. The van der Waals surface area contributed by atoms with Crippen molar-refractivity contribution >= 4 is 41.9 Å². The van der Waals surface area contributed by atoms with Gasteiger partial charge in [0.25, 0.3) is 11.8 Å². The fourth-order valence-electron chi connectivity index (χ4n) is 3.24. The van der Waals surface area contributed by atoms with Crippen molar-refractivity contribution in [1.29, 1.82) is 0 Å². The van der Waals surface area contributed by atoms with Crippen LogP contribution in [0, 0.1) is 0 Å². The molecule has 2 aromatic rings. The first-order valence-electron chi connectivity index (χ1n) is 12.8. The number of methoxy groups -OCH3 is 1. The van der Waals surface area contributed by atoms with Crippen LogP contribution in [0.3, 0.4) is 0 Å². The molecule has 11 nitrogen and oxygen atoms in total. The third-order valence-electron chi connectivity index (χ3n) is 5.25. The van der Waals surface area contributed by atoms with Crippen molar-refractivity contribution in [2.24, 2.45) is 0 Å². The Morgan fingerprint density at radius 2 is 1.20 bits per heavy atom. The number of hydrogen-bond donors (Lipinski definition) is 4. The summed E-state index contributed by atoms with van der Waals surface area (Å²) in [4.78, 5) is 63.5. The van der Waals surface area contributed by atoms with E-state index in [0.717, 1.165) is 0 Å². The minimum Gasteiger partial charge on any atom is -0.467 e. The van der Waals surface area contributed by atoms with Crippen molar-refractivity contribution in [2.45, 2.75) is 52.3 Å². The summed E-state index contributed by atoms with van der Waals surface area (Å²) in [6, 6.07) is 15.4. The number of hydrogen-bond acceptors (Lipinski definition) is 7. The number of benzene rings is 2. The van der Waals surface area contributed by atoms with Crippen LogP contribution in [0.15, 0.2) is 72.1 Å². The van der Waals surface area contributed by atoms with Crippen LogP contribution < -0.4 is 21.3 Å². The monoisotopic (exact) mass is 564 g/mol. The molecule has 2 atom stereocenters. The summed E-state index contributed by atoms with van der Waals surface area (Å²) in [5, 5.41) is 9.95. The molecule has 218 valence electrons. The molecule has 2 rings (SSSR count). The number of esters is 1. The molecule has 0 aliphatic heterocycles. The quantitative estimate of drug-likeness (QED) is 0.256. The molecular weight excluding hydrogens is 528 g/mol. The zero-order chi connectivity index (χ0) is 30.6. The summed E-state index contributed by atoms with van der Waals surface area (Å²) < 4.78 is 9.85. The molecule has 0 aromatic heterocycles. The lowest BCUT2D eigenvalue weighted by atomic mass is 10.1. The Kier molecular flexibility index (Phi) is 11.8. The predicted molar refractivity (Wildman–Crippen MR) is 154 cm³/mol. The normalized spacial score (nSPS) is 13.2. The molecule has 0 saturated carbocycles. The van der Waals surface area contributed by atoms with Gasteiger partial charge < -0.3 is 30.7 Å². The maximum Gasteiger partial charge on any atom is 0.408 e. The van der Waals surface area contributed by atoms with Crippen LogP contribution in [0.1, 0.15) is 45.7 Å². The van der Waals surface area contributed by atoms with Gasteiger partial charge in [0.2, 0.25) is 5.91 Å². The van der Waals surface area contributed by atoms with Gasteiger partial charge in [-0.1, -0.05) is 60.7 Å². The molecular formula is C30H36N4O7. The largest absolute Gasteiger partial charge is 0.467 e. The van der Waals surface area contributed by atoms with E-state index in [2.05, 4.69) is 26.0 Å². The van der Waals surface area contributed by atoms with Gasteiger partial charge in [0.1, 0.15) is 29.1 Å². The Hall–Kier alpha value is -4.93. The van der Waals surface area contributed by atoms with E-state index in [1.807, 2.05) is 0 Å². The molecule has 0 heterocycles. The molecule has 0 aliphatic carbocycles. The summed E-state index contributed by atoms with van der Waals surface area (Å²) >= 11 is 0. The summed E-state index contributed by atoms with van der Waals surface area (Å²) in [7, 11) is 1.19. The molecule has 2 aromatic carbocycles. The van der Waals surface area contributed by atoms with E-state index in [1.165, 1.54) is 33.1 Å². The van der Waals surface area contributed by atoms with Gasteiger partial charge in [-0.3, -0.25) is 14.4 Å². The Morgan fingerprint density at radius 1 is 0.707 bits per heavy atom. The van der Waals surface area contributed by atoms with Crippen LogP contribution >= 0.6 is 0 Å². The highest BCUT2D eigenvalue weighted by Crippen LogP contribution is 2.10. The average Bonchev–Trinajstić information content (AvgIpc) is 2.91. The van der Waals surface area contributed by atoms with E-state index in [0.29, 0.717) is 11.1 Å². The fourth-order valence-corrected chi connectivity index (χ4v) is 3.24. The Bertz CT molecular complexity index is 1300. The lowest BCUT2D eigenvalue weighted by Crippen LogP contribution is -2.48. The van der Waals surface area contributed by atoms with Crippen molar-refractivity contribution in [3.05, 3.63) is 83.2 Å². The molecule has 0 radical (unpaired) electrons. The third-order valence-corrected chi connectivity index (χ3v) is 5.25. The standard InChI is InChI=1S/C30H36N4O7/c1-19(32-29(39)41-30(3,4)5)25(35)33-24(18-22-15-11-8-12-16-22)27(37)34-23(17-21-13-9-7-10-14-21)26(36)31-20(2)28(38)40-6/h7-20H,1-6H3,(H,31,36)(H,32,39)(H,33,35)(H,34,37)/b23-17-,24-18-/t19-,20-/m0/s1. The van der Waals surface area contributed by atoms with Crippen LogP contribution in [-0.2, 0) is 28.7 Å². The number of nitrogens with one attached hydrogen (secondary N) is 4. The average molecular weight is 565 g/mol. The molecule has 0 unspecified atom stereocenters. The van der Waals surface area contributed by atoms with Gasteiger partial charge in [-0.15, -0.1) is 0 Å². The van der Waals surface area contributed by atoms with Gasteiger partial charge in [0.05, 0.1) is 7.11 Å². The van der Waals surface area contributed by atoms with Crippen molar-refractivity contribution in [2.75, 3.05) is 7.11 Å². The van der Waals surface area contributed by atoms with Crippen LogP contribution in [0.2, 0.25) is 0 Å². The van der Waals surface area contributed by atoms with Crippen molar-refractivity contribution in [3.8, 4) is 0 Å². The number of carbonyl (C=O) groups is 5. The smallest absolute Gasteiger partial charge is 0.408 e. The third kappa shape index (κ3) is 11.4. The topological polar surface area (TPSA) is 152 Å². The summed E-state index contributed by atoms with van der Waals surface area (Å²) in [5.74, 6) is -2.96. The molecule has 41 heavy (non-hydrogen) atoms. The van der Waals surface area contributed by atoms with E-state index < -0.39 is 47.5 Å². The van der Waals surface area contributed by atoms with Gasteiger partial charge in [0, 0.05) is 0 Å². The minimum atomic E-state index is -1.07. The van der Waals surface area contributed by atoms with Crippen LogP contribution in [0.4, 0.5) is 4.79 Å². The number of carbonyl (C=O) groups excluding carboxylic acids is 5. The van der Waals surface area contributed by atoms with Crippen molar-refractivity contribution in [1.82, 2.24) is 21.3 Å². The van der Waals surface area contributed by atoms with Gasteiger partial charge >= 0.3 is 12.1 Å².